The maximum atomic E-state index is 13.5. The zero-order valence-electron chi connectivity index (χ0n) is 17.9. The van der Waals surface area contributed by atoms with Gasteiger partial charge >= 0.3 is 0 Å². The number of hydrogen-bond donors (Lipinski definition) is 3. The predicted molar refractivity (Wildman–Crippen MR) is 114 cm³/mol. The van der Waals surface area contributed by atoms with Gasteiger partial charge in [0.05, 0.1) is 12.2 Å². The zero-order chi connectivity index (χ0) is 22.0. The van der Waals surface area contributed by atoms with Gasteiger partial charge in [0, 0.05) is 19.0 Å². The van der Waals surface area contributed by atoms with E-state index in [-0.39, 0.29) is 30.2 Å². The van der Waals surface area contributed by atoms with Crippen molar-refractivity contribution in [2.75, 3.05) is 4.90 Å². The lowest BCUT2D eigenvalue weighted by atomic mass is 10.0. The molecule has 2 aromatic rings. The quantitative estimate of drug-likeness (QED) is 0.618. The minimum Gasteiger partial charge on any atom is -0.348 e. The van der Waals surface area contributed by atoms with Crippen molar-refractivity contribution in [3.8, 4) is 0 Å². The van der Waals surface area contributed by atoms with Crippen molar-refractivity contribution >= 4 is 23.4 Å². The van der Waals surface area contributed by atoms with E-state index in [9.17, 15) is 14.4 Å². The topological polar surface area (TPSA) is 120 Å². The van der Waals surface area contributed by atoms with Gasteiger partial charge in [-0.25, -0.2) is 0 Å². The molecule has 3 N–H and O–H groups in total. The molecule has 0 bridgehead atoms. The van der Waals surface area contributed by atoms with E-state index in [0.717, 1.165) is 23.2 Å². The van der Waals surface area contributed by atoms with Gasteiger partial charge in [-0.15, -0.1) is 5.10 Å². The Hall–Kier alpha value is -3.23. The fourth-order valence-corrected chi connectivity index (χ4v) is 4.30. The third-order valence-electron chi connectivity index (χ3n) is 6.19. The van der Waals surface area contributed by atoms with Gasteiger partial charge in [-0.3, -0.25) is 24.4 Å². The van der Waals surface area contributed by atoms with E-state index in [0.29, 0.717) is 31.4 Å². The van der Waals surface area contributed by atoms with Crippen LogP contribution in [-0.4, -0.2) is 45.2 Å². The molecule has 0 aliphatic carbocycles. The van der Waals surface area contributed by atoms with Gasteiger partial charge in [0.25, 0.3) is 0 Å². The Bertz CT molecular complexity index is 974. The molecule has 3 atom stereocenters. The summed E-state index contributed by atoms with van der Waals surface area (Å²) in [6.45, 7) is 4.29. The molecule has 0 saturated carbocycles. The first-order valence-electron chi connectivity index (χ1n) is 10.8. The summed E-state index contributed by atoms with van der Waals surface area (Å²) >= 11 is 0. The summed E-state index contributed by atoms with van der Waals surface area (Å²) in [5.41, 5.74) is 3.46. The molecular weight excluding hydrogens is 396 g/mol. The van der Waals surface area contributed by atoms with Crippen molar-refractivity contribution in [3.63, 3.8) is 0 Å². The van der Waals surface area contributed by atoms with Crippen molar-refractivity contribution in [1.29, 1.82) is 0 Å². The number of anilines is 1. The molecule has 1 aromatic heterocycles. The molecule has 2 aliphatic heterocycles. The first kappa shape index (κ1) is 21.0. The molecule has 1 aromatic carbocycles. The van der Waals surface area contributed by atoms with Crippen LogP contribution in [0.4, 0.5) is 5.69 Å². The normalized spacial score (nSPS) is 20.7. The number of aromatic nitrogens is 3. The number of nitrogens with one attached hydrogen (secondary N) is 3. The number of H-pyrrole nitrogens is 1. The van der Waals surface area contributed by atoms with E-state index in [2.05, 4.69) is 26.0 Å². The number of carbonyl (C=O) groups excluding carboxylic acids is 3. The predicted octanol–water partition coefficient (Wildman–Crippen LogP) is 1.25. The van der Waals surface area contributed by atoms with Crippen LogP contribution in [0.1, 0.15) is 49.9 Å². The molecule has 164 valence electrons. The van der Waals surface area contributed by atoms with Crippen LogP contribution in [0.3, 0.4) is 0 Å². The summed E-state index contributed by atoms with van der Waals surface area (Å²) in [4.78, 5) is 40.6. The summed E-state index contributed by atoms with van der Waals surface area (Å²) in [6.07, 6.45) is 4.55. The number of nitrogens with zero attached hydrogens (tertiary/aromatic N) is 3. The standard InChI is InChI=1S/C22H28N6O3/c1-3-13(2)9-19(29)25-17-8-7-14-5-4-6-15-10-18(28(20(14)15)22(17)31)21(30)23-11-16-12-24-27-26-16/h4-6,12-13,17-18H,3,7-11H2,1-2H3,(H,23,30)(H,25,29)(H,24,26,27). The lowest BCUT2D eigenvalue weighted by Crippen LogP contribution is -2.54. The number of benzene rings is 1. The summed E-state index contributed by atoms with van der Waals surface area (Å²) in [7, 11) is 0. The number of rotatable bonds is 7. The van der Waals surface area contributed by atoms with E-state index in [1.165, 1.54) is 0 Å². The van der Waals surface area contributed by atoms with Crippen LogP contribution in [-0.2, 0) is 33.8 Å². The molecule has 9 nitrogen and oxygen atoms in total. The maximum Gasteiger partial charge on any atom is 0.250 e. The van der Waals surface area contributed by atoms with Crippen LogP contribution < -0.4 is 15.5 Å². The number of aromatic amines is 1. The molecule has 0 saturated heterocycles. The smallest absolute Gasteiger partial charge is 0.250 e. The molecule has 0 fully saturated rings. The highest BCUT2D eigenvalue weighted by atomic mass is 16.2. The molecule has 3 amide bonds. The van der Waals surface area contributed by atoms with E-state index in [1.54, 1.807) is 11.1 Å². The molecule has 3 heterocycles. The average Bonchev–Trinajstić information content (AvgIpc) is 3.39. The summed E-state index contributed by atoms with van der Waals surface area (Å²) < 4.78 is 0. The third-order valence-corrected chi connectivity index (χ3v) is 6.19. The van der Waals surface area contributed by atoms with Gasteiger partial charge < -0.3 is 10.6 Å². The van der Waals surface area contributed by atoms with Gasteiger partial charge in [-0.05, 0) is 29.9 Å². The zero-order valence-corrected chi connectivity index (χ0v) is 17.9. The van der Waals surface area contributed by atoms with Crippen LogP contribution in [0, 0.1) is 5.92 Å². The van der Waals surface area contributed by atoms with Crippen molar-refractivity contribution in [2.45, 2.75) is 64.6 Å². The lowest BCUT2D eigenvalue weighted by molar-refractivity contribution is -0.129. The average molecular weight is 425 g/mol. The molecule has 9 heteroatoms. The molecular formula is C22H28N6O3. The van der Waals surface area contributed by atoms with E-state index >= 15 is 0 Å². The Labute approximate surface area is 181 Å². The van der Waals surface area contributed by atoms with Gasteiger partial charge in [-0.1, -0.05) is 43.7 Å². The summed E-state index contributed by atoms with van der Waals surface area (Å²) in [5.74, 6) is -0.329. The van der Waals surface area contributed by atoms with Crippen LogP contribution >= 0.6 is 0 Å². The lowest BCUT2D eigenvalue weighted by Gasteiger charge is -2.28. The molecule has 4 rings (SSSR count). The van der Waals surface area contributed by atoms with Crippen molar-refractivity contribution in [2.24, 2.45) is 5.92 Å². The second kappa shape index (κ2) is 8.87. The van der Waals surface area contributed by atoms with Gasteiger partial charge in [0.1, 0.15) is 17.8 Å². The number of para-hydroxylation sites is 1. The Morgan fingerprint density at radius 2 is 2.13 bits per heavy atom. The molecule has 0 spiro atoms. The molecule has 3 unspecified atom stereocenters. The Balaban J connectivity index is 1.55. The molecule has 31 heavy (non-hydrogen) atoms. The minimum atomic E-state index is -0.650. The Morgan fingerprint density at radius 3 is 2.87 bits per heavy atom. The summed E-state index contributed by atoms with van der Waals surface area (Å²) in [6, 6.07) is 4.64. The highest BCUT2D eigenvalue weighted by Crippen LogP contribution is 2.39. The minimum absolute atomic E-state index is 0.120. The largest absolute Gasteiger partial charge is 0.348 e. The van der Waals surface area contributed by atoms with Crippen molar-refractivity contribution in [1.82, 2.24) is 26.0 Å². The summed E-state index contributed by atoms with van der Waals surface area (Å²) in [5, 5.41) is 15.9. The number of aryl methyl sites for hydroxylation is 1. The maximum absolute atomic E-state index is 13.5. The van der Waals surface area contributed by atoms with E-state index in [1.807, 2.05) is 32.0 Å². The second-order valence-corrected chi connectivity index (χ2v) is 8.41. The van der Waals surface area contributed by atoms with Gasteiger partial charge in [-0.2, -0.15) is 0 Å². The Kier molecular flexibility index (Phi) is 6.01. The van der Waals surface area contributed by atoms with Gasteiger partial charge in [0.15, 0.2) is 0 Å². The second-order valence-electron chi connectivity index (χ2n) is 8.41. The monoisotopic (exact) mass is 424 g/mol. The fourth-order valence-electron chi connectivity index (χ4n) is 4.30. The van der Waals surface area contributed by atoms with E-state index < -0.39 is 12.1 Å². The van der Waals surface area contributed by atoms with Crippen LogP contribution in [0.5, 0.6) is 0 Å². The first-order chi connectivity index (χ1) is 15.0. The fraction of sp³-hybridized carbons (Fsp3) is 0.500. The highest BCUT2D eigenvalue weighted by Gasteiger charge is 2.43. The van der Waals surface area contributed by atoms with Gasteiger partial charge in [0.2, 0.25) is 17.7 Å². The van der Waals surface area contributed by atoms with Crippen LogP contribution in [0.25, 0.3) is 0 Å². The first-order valence-corrected chi connectivity index (χ1v) is 10.8. The Morgan fingerprint density at radius 1 is 1.32 bits per heavy atom. The third kappa shape index (κ3) is 4.30. The van der Waals surface area contributed by atoms with E-state index in [4.69, 9.17) is 0 Å². The van der Waals surface area contributed by atoms with Crippen LogP contribution in [0.15, 0.2) is 24.4 Å². The number of amides is 3. The van der Waals surface area contributed by atoms with Crippen molar-refractivity contribution in [3.05, 3.63) is 41.2 Å². The highest BCUT2D eigenvalue weighted by molar-refractivity contribution is 6.07. The molecule has 2 aliphatic rings. The van der Waals surface area contributed by atoms with Crippen molar-refractivity contribution < 1.29 is 14.4 Å². The number of hydrogen-bond acceptors (Lipinski definition) is 5. The molecule has 0 radical (unpaired) electrons. The number of carbonyl (C=O) groups is 3. The SMILES string of the molecule is CCC(C)CC(=O)NC1CCc2cccc3c2N(C1=O)C(C(=O)NCc1c[nH]nn1)C3. The van der Waals surface area contributed by atoms with Crippen LogP contribution in [0.2, 0.25) is 0 Å².